The maximum atomic E-state index is 5.80. The maximum Gasteiger partial charge on any atom is 0.136 e. The summed E-state index contributed by atoms with van der Waals surface area (Å²) in [7, 11) is 2.06. The Morgan fingerprint density at radius 3 is 2.62 bits per heavy atom. The summed E-state index contributed by atoms with van der Waals surface area (Å²) in [5.74, 6) is 0. The van der Waals surface area contributed by atoms with Crippen molar-refractivity contribution < 1.29 is 4.74 Å². The van der Waals surface area contributed by atoms with Gasteiger partial charge in [-0.3, -0.25) is 4.90 Å². The third-order valence-corrected chi connectivity index (χ3v) is 2.53. The monoisotopic (exact) mass is 197 g/mol. The number of hydrogen-bond donors (Lipinski definition) is 0. The highest BCUT2D eigenvalue weighted by Gasteiger charge is 2.22. The van der Waals surface area contributed by atoms with Crippen LogP contribution in [0.3, 0.4) is 0 Å². The Hall–Kier alpha value is -0.570. The van der Waals surface area contributed by atoms with Gasteiger partial charge in [0.25, 0.3) is 0 Å². The number of halogens is 1. The van der Waals surface area contributed by atoms with Gasteiger partial charge in [0.1, 0.15) is 6.23 Å². The van der Waals surface area contributed by atoms with Crippen molar-refractivity contribution in [2.24, 2.45) is 0 Å². The van der Waals surface area contributed by atoms with E-state index in [0.717, 1.165) is 18.2 Å². The van der Waals surface area contributed by atoms with Crippen LogP contribution in [0, 0.1) is 0 Å². The maximum absolute atomic E-state index is 5.80. The number of rotatable bonds is 1. The predicted molar refractivity (Wildman–Crippen MR) is 52.8 cm³/mol. The average molecular weight is 198 g/mol. The molecule has 0 spiro atoms. The van der Waals surface area contributed by atoms with Crippen molar-refractivity contribution in [2.75, 3.05) is 20.2 Å². The van der Waals surface area contributed by atoms with E-state index in [4.69, 9.17) is 16.3 Å². The first kappa shape index (κ1) is 9.00. The molecule has 0 saturated carbocycles. The van der Waals surface area contributed by atoms with E-state index >= 15 is 0 Å². The second kappa shape index (κ2) is 3.66. The fourth-order valence-electron chi connectivity index (χ4n) is 1.53. The molecule has 1 heterocycles. The van der Waals surface area contributed by atoms with Crippen LogP contribution in [0.4, 0.5) is 0 Å². The molecule has 70 valence electrons. The molecule has 0 aromatic heterocycles. The molecule has 0 bridgehead atoms. The van der Waals surface area contributed by atoms with E-state index in [1.807, 2.05) is 24.3 Å². The zero-order valence-electron chi connectivity index (χ0n) is 7.53. The number of likely N-dealkylation sites (N-methyl/N-ethyl adjacent to an activating group) is 1. The SMILES string of the molecule is CN1CCO[C@H]1c1ccc(Cl)cc1. The molecule has 0 radical (unpaired) electrons. The molecular formula is C10H12ClNO. The third kappa shape index (κ3) is 1.85. The van der Waals surface area contributed by atoms with E-state index in [9.17, 15) is 0 Å². The number of ether oxygens (including phenoxy) is 1. The Kier molecular flexibility index (Phi) is 2.54. The lowest BCUT2D eigenvalue weighted by Crippen LogP contribution is -2.18. The zero-order valence-corrected chi connectivity index (χ0v) is 8.29. The summed E-state index contributed by atoms with van der Waals surface area (Å²) in [4.78, 5) is 2.18. The van der Waals surface area contributed by atoms with Crippen LogP contribution in [0.5, 0.6) is 0 Å². The molecule has 0 unspecified atom stereocenters. The Morgan fingerprint density at radius 2 is 2.08 bits per heavy atom. The normalized spacial score (nSPS) is 23.7. The molecule has 1 aromatic carbocycles. The highest BCUT2D eigenvalue weighted by Crippen LogP contribution is 2.25. The fraction of sp³-hybridized carbons (Fsp3) is 0.400. The van der Waals surface area contributed by atoms with E-state index in [2.05, 4.69) is 11.9 Å². The van der Waals surface area contributed by atoms with E-state index in [-0.39, 0.29) is 6.23 Å². The second-order valence-corrected chi connectivity index (χ2v) is 3.69. The van der Waals surface area contributed by atoms with Gasteiger partial charge in [-0.15, -0.1) is 0 Å². The van der Waals surface area contributed by atoms with Gasteiger partial charge in [-0.1, -0.05) is 23.7 Å². The molecule has 2 nitrogen and oxygen atoms in total. The Labute approximate surface area is 83.1 Å². The number of hydrogen-bond acceptors (Lipinski definition) is 2. The summed E-state index contributed by atoms with van der Waals surface area (Å²) in [6.07, 6.45) is 0.109. The van der Waals surface area contributed by atoms with Gasteiger partial charge >= 0.3 is 0 Å². The number of benzene rings is 1. The Bertz CT molecular complexity index is 285. The van der Waals surface area contributed by atoms with Crippen molar-refractivity contribution in [2.45, 2.75) is 6.23 Å². The van der Waals surface area contributed by atoms with Gasteiger partial charge in [0.15, 0.2) is 0 Å². The minimum Gasteiger partial charge on any atom is -0.358 e. The highest BCUT2D eigenvalue weighted by molar-refractivity contribution is 6.30. The molecule has 0 N–H and O–H groups in total. The first-order valence-corrected chi connectivity index (χ1v) is 4.72. The van der Waals surface area contributed by atoms with Crippen LogP contribution < -0.4 is 0 Å². The molecule has 2 rings (SSSR count). The molecule has 1 aliphatic rings. The first-order chi connectivity index (χ1) is 6.27. The Balaban J connectivity index is 2.20. The van der Waals surface area contributed by atoms with Gasteiger partial charge in [-0.2, -0.15) is 0 Å². The van der Waals surface area contributed by atoms with E-state index in [1.165, 1.54) is 5.56 Å². The summed E-state index contributed by atoms with van der Waals surface area (Å²) in [5, 5.41) is 0.768. The molecule has 1 atom stereocenters. The molecule has 1 fully saturated rings. The summed E-state index contributed by atoms with van der Waals surface area (Å²) < 4.78 is 5.57. The second-order valence-electron chi connectivity index (χ2n) is 3.26. The van der Waals surface area contributed by atoms with Gasteiger partial charge in [-0.25, -0.2) is 0 Å². The highest BCUT2D eigenvalue weighted by atomic mass is 35.5. The zero-order chi connectivity index (χ0) is 9.26. The standard InChI is InChI=1S/C10H12ClNO/c1-12-6-7-13-10(12)8-2-4-9(11)5-3-8/h2-5,10H,6-7H2,1H3/t10-/m0/s1. The van der Waals surface area contributed by atoms with Crippen LogP contribution in [-0.4, -0.2) is 25.1 Å². The van der Waals surface area contributed by atoms with Crippen molar-refractivity contribution in [1.82, 2.24) is 4.90 Å². The van der Waals surface area contributed by atoms with Crippen molar-refractivity contribution in [3.8, 4) is 0 Å². The summed E-state index contributed by atoms with van der Waals surface area (Å²) in [5.41, 5.74) is 1.17. The van der Waals surface area contributed by atoms with Crippen LogP contribution in [0.25, 0.3) is 0 Å². The van der Waals surface area contributed by atoms with Crippen LogP contribution in [0.15, 0.2) is 24.3 Å². The molecule has 1 aliphatic heterocycles. The molecule has 1 aromatic rings. The lowest BCUT2D eigenvalue weighted by atomic mass is 10.2. The van der Waals surface area contributed by atoms with Crippen LogP contribution in [0.1, 0.15) is 11.8 Å². The van der Waals surface area contributed by atoms with Crippen molar-refractivity contribution in [3.05, 3.63) is 34.9 Å². The molecule has 0 amide bonds. The third-order valence-electron chi connectivity index (χ3n) is 2.28. The molecule has 3 heteroatoms. The minimum absolute atomic E-state index is 0.109. The average Bonchev–Trinajstić information content (AvgIpc) is 2.53. The summed E-state index contributed by atoms with van der Waals surface area (Å²) in [6, 6.07) is 7.81. The summed E-state index contributed by atoms with van der Waals surface area (Å²) >= 11 is 5.80. The number of nitrogens with zero attached hydrogens (tertiary/aromatic N) is 1. The molecule has 0 aliphatic carbocycles. The van der Waals surface area contributed by atoms with E-state index in [1.54, 1.807) is 0 Å². The quantitative estimate of drug-likeness (QED) is 0.685. The molecule has 13 heavy (non-hydrogen) atoms. The summed E-state index contributed by atoms with van der Waals surface area (Å²) in [6.45, 7) is 1.80. The lowest BCUT2D eigenvalue weighted by molar-refractivity contribution is 0.0454. The van der Waals surface area contributed by atoms with Crippen molar-refractivity contribution >= 4 is 11.6 Å². The van der Waals surface area contributed by atoms with Gasteiger partial charge in [0, 0.05) is 11.6 Å². The van der Waals surface area contributed by atoms with Gasteiger partial charge in [0.05, 0.1) is 6.61 Å². The van der Waals surface area contributed by atoms with Crippen molar-refractivity contribution in [1.29, 1.82) is 0 Å². The molecule has 1 saturated heterocycles. The van der Waals surface area contributed by atoms with Gasteiger partial charge < -0.3 is 4.74 Å². The Morgan fingerprint density at radius 1 is 1.38 bits per heavy atom. The predicted octanol–water partition coefficient (Wildman–Crippen LogP) is 2.30. The lowest BCUT2D eigenvalue weighted by Gasteiger charge is -2.17. The van der Waals surface area contributed by atoms with Crippen LogP contribution in [-0.2, 0) is 4.74 Å². The topological polar surface area (TPSA) is 12.5 Å². The smallest absolute Gasteiger partial charge is 0.136 e. The van der Waals surface area contributed by atoms with E-state index < -0.39 is 0 Å². The largest absolute Gasteiger partial charge is 0.358 e. The van der Waals surface area contributed by atoms with E-state index in [0.29, 0.717) is 0 Å². The van der Waals surface area contributed by atoms with Crippen LogP contribution in [0.2, 0.25) is 5.02 Å². The minimum atomic E-state index is 0.109. The fourth-order valence-corrected chi connectivity index (χ4v) is 1.66. The first-order valence-electron chi connectivity index (χ1n) is 4.35. The van der Waals surface area contributed by atoms with Gasteiger partial charge in [-0.05, 0) is 24.7 Å². The van der Waals surface area contributed by atoms with Crippen LogP contribution >= 0.6 is 11.6 Å². The van der Waals surface area contributed by atoms with Crippen molar-refractivity contribution in [3.63, 3.8) is 0 Å². The van der Waals surface area contributed by atoms with Gasteiger partial charge in [0.2, 0.25) is 0 Å². The molecular weight excluding hydrogens is 186 g/mol.